The summed E-state index contributed by atoms with van der Waals surface area (Å²) in [7, 11) is 1.69. The van der Waals surface area contributed by atoms with Crippen molar-refractivity contribution >= 4 is 28.5 Å². The molecule has 0 bridgehead atoms. The van der Waals surface area contributed by atoms with E-state index in [9.17, 15) is 0 Å². The third-order valence-electron chi connectivity index (χ3n) is 2.82. The maximum atomic E-state index is 5.94. The second-order valence-electron chi connectivity index (χ2n) is 4.04. The van der Waals surface area contributed by atoms with E-state index in [0.717, 1.165) is 17.7 Å². The number of hydrogen-bond acceptors (Lipinski definition) is 5. The summed E-state index contributed by atoms with van der Waals surface area (Å²) >= 11 is 5.94. The van der Waals surface area contributed by atoms with Crippen LogP contribution in [0.3, 0.4) is 0 Å². The van der Waals surface area contributed by atoms with Crippen LogP contribution in [-0.2, 0) is 4.74 Å². The normalized spacial score (nSPS) is 12.9. The van der Waals surface area contributed by atoms with Crippen molar-refractivity contribution < 1.29 is 4.74 Å². The first kappa shape index (κ1) is 13.0. The van der Waals surface area contributed by atoms with E-state index in [1.807, 2.05) is 0 Å². The lowest BCUT2D eigenvalue weighted by Crippen LogP contribution is -2.36. The zero-order valence-corrected chi connectivity index (χ0v) is 11.4. The van der Waals surface area contributed by atoms with Gasteiger partial charge in [0.1, 0.15) is 5.82 Å². The average molecular weight is 270 g/mol. The highest BCUT2D eigenvalue weighted by Crippen LogP contribution is 2.25. The minimum Gasteiger partial charge on any atom is -0.383 e. The van der Waals surface area contributed by atoms with Gasteiger partial charge in [-0.2, -0.15) is 15.1 Å². The topological polar surface area (TPSA) is 66.9 Å². The van der Waals surface area contributed by atoms with E-state index >= 15 is 0 Å². The van der Waals surface area contributed by atoms with Gasteiger partial charge in [0.15, 0.2) is 5.65 Å². The van der Waals surface area contributed by atoms with Gasteiger partial charge in [-0.3, -0.25) is 5.10 Å². The minimum absolute atomic E-state index is 0.198. The van der Waals surface area contributed by atoms with Gasteiger partial charge in [-0.1, -0.05) is 0 Å². The van der Waals surface area contributed by atoms with Gasteiger partial charge < -0.3 is 9.64 Å². The molecule has 0 fully saturated rings. The first-order valence-corrected chi connectivity index (χ1v) is 6.17. The summed E-state index contributed by atoms with van der Waals surface area (Å²) in [5.74, 6) is 0.783. The number of ether oxygens (including phenoxy) is 1. The predicted octanol–water partition coefficient (Wildman–Crippen LogP) is 1.87. The number of aromatic nitrogens is 4. The van der Waals surface area contributed by atoms with Crippen molar-refractivity contribution in [2.45, 2.75) is 19.9 Å². The Morgan fingerprint density at radius 1 is 1.50 bits per heavy atom. The van der Waals surface area contributed by atoms with E-state index in [1.165, 1.54) is 0 Å². The Labute approximate surface area is 110 Å². The second kappa shape index (κ2) is 5.49. The molecule has 0 aliphatic rings. The zero-order valence-electron chi connectivity index (χ0n) is 10.6. The summed E-state index contributed by atoms with van der Waals surface area (Å²) in [4.78, 5) is 10.5. The fourth-order valence-corrected chi connectivity index (χ4v) is 2.18. The summed E-state index contributed by atoms with van der Waals surface area (Å²) < 4.78 is 5.19. The Morgan fingerprint density at radius 2 is 2.28 bits per heavy atom. The van der Waals surface area contributed by atoms with Crippen molar-refractivity contribution in [3.05, 3.63) is 11.5 Å². The van der Waals surface area contributed by atoms with Gasteiger partial charge in [0.05, 0.1) is 24.2 Å². The third-order valence-corrected chi connectivity index (χ3v) is 2.98. The molecule has 1 N–H and O–H groups in total. The number of methoxy groups -OCH3 is 1. The highest BCUT2D eigenvalue weighted by molar-refractivity contribution is 6.28. The van der Waals surface area contributed by atoms with E-state index in [0.29, 0.717) is 12.3 Å². The molecule has 6 nitrogen and oxygen atoms in total. The molecule has 7 heteroatoms. The van der Waals surface area contributed by atoms with Gasteiger partial charge >= 0.3 is 0 Å². The number of nitrogens with one attached hydrogen (secondary N) is 1. The molecule has 0 radical (unpaired) electrons. The van der Waals surface area contributed by atoms with E-state index in [2.05, 4.69) is 38.9 Å². The highest BCUT2D eigenvalue weighted by atomic mass is 35.5. The monoisotopic (exact) mass is 269 g/mol. The largest absolute Gasteiger partial charge is 0.383 e. The first-order chi connectivity index (χ1) is 8.67. The molecule has 1 unspecified atom stereocenters. The molecule has 0 aliphatic heterocycles. The number of anilines is 1. The SMILES string of the molecule is CCN(c1nc(Cl)nc2[nH]ncc12)C(C)COC. The van der Waals surface area contributed by atoms with Crippen LogP contribution in [0, 0.1) is 0 Å². The number of aromatic amines is 1. The molecule has 2 heterocycles. The molecule has 2 rings (SSSR count). The molecule has 0 aliphatic carbocycles. The second-order valence-corrected chi connectivity index (χ2v) is 4.38. The minimum atomic E-state index is 0.198. The lowest BCUT2D eigenvalue weighted by molar-refractivity contribution is 0.182. The van der Waals surface area contributed by atoms with Crippen LogP contribution in [0.1, 0.15) is 13.8 Å². The summed E-state index contributed by atoms with van der Waals surface area (Å²) in [5, 5.41) is 7.87. The Morgan fingerprint density at radius 3 is 2.94 bits per heavy atom. The molecule has 0 amide bonds. The number of likely N-dealkylation sites (N-methyl/N-ethyl adjacent to an activating group) is 1. The Kier molecular flexibility index (Phi) is 3.98. The molecule has 2 aromatic rings. The molecule has 98 valence electrons. The number of H-pyrrole nitrogens is 1. The standard InChI is InChI=1S/C11H16ClN5O/c1-4-17(7(2)6-18-3)10-8-5-13-16-9(8)14-11(12)15-10/h5,7H,4,6H2,1-3H3,(H,13,14,15,16). The summed E-state index contributed by atoms with van der Waals surface area (Å²) in [5.41, 5.74) is 0.646. The molecule has 0 saturated carbocycles. The molecule has 0 spiro atoms. The Hall–Kier alpha value is -1.40. The molecular formula is C11H16ClN5O. The fraction of sp³-hybridized carbons (Fsp3) is 0.545. The number of halogens is 1. The fourth-order valence-electron chi connectivity index (χ4n) is 2.01. The third kappa shape index (κ3) is 2.39. The summed E-state index contributed by atoms with van der Waals surface area (Å²) in [6, 6.07) is 0.198. The van der Waals surface area contributed by atoms with Crippen molar-refractivity contribution in [3.8, 4) is 0 Å². The van der Waals surface area contributed by atoms with E-state index in [-0.39, 0.29) is 11.3 Å². The average Bonchev–Trinajstić information content (AvgIpc) is 2.78. The first-order valence-electron chi connectivity index (χ1n) is 5.79. The Bertz CT molecular complexity index is 529. The van der Waals surface area contributed by atoms with Gasteiger partial charge in [0.2, 0.25) is 5.28 Å². The van der Waals surface area contributed by atoms with Crippen molar-refractivity contribution in [1.82, 2.24) is 20.2 Å². The van der Waals surface area contributed by atoms with Crippen molar-refractivity contribution in [2.75, 3.05) is 25.2 Å². The van der Waals surface area contributed by atoms with Crippen molar-refractivity contribution in [1.29, 1.82) is 0 Å². The van der Waals surface area contributed by atoms with Crippen LogP contribution in [-0.4, -0.2) is 46.5 Å². The van der Waals surface area contributed by atoms with Crippen LogP contribution in [0.2, 0.25) is 5.28 Å². The molecule has 2 aromatic heterocycles. The molecule has 0 aromatic carbocycles. The molecule has 1 atom stereocenters. The maximum absolute atomic E-state index is 5.94. The number of hydrogen-bond donors (Lipinski definition) is 1. The lowest BCUT2D eigenvalue weighted by Gasteiger charge is -2.28. The number of fused-ring (bicyclic) bond motifs is 1. The zero-order chi connectivity index (χ0) is 13.1. The van der Waals surface area contributed by atoms with Gasteiger partial charge in [-0.15, -0.1) is 0 Å². The maximum Gasteiger partial charge on any atom is 0.226 e. The smallest absolute Gasteiger partial charge is 0.226 e. The van der Waals surface area contributed by atoms with Gasteiger partial charge in [-0.05, 0) is 25.4 Å². The quantitative estimate of drug-likeness (QED) is 0.840. The molecule has 18 heavy (non-hydrogen) atoms. The number of nitrogens with zero attached hydrogens (tertiary/aromatic N) is 4. The van der Waals surface area contributed by atoms with Gasteiger partial charge in [0, 0.05) is 13.7 Å². The van der Waals surface area contributed by atoms with Crippen LogP contribution >= 0.6 is 11.6 Å². The van der Waals surface area contributed by atoms with Crippen LogP contribution in [0.5, 0.6) is 0 Å². The van der Waals surface area contributed by atoms with Crippen LogP contribution in [0.25, 0.3) is 11.0 Å². The van der Waals surface area contributed by atoms with Gasteiger partial charge in [-0.25, -0.2) is 0 Å². The van der Waals surface area contributed by atoms with E-state index in [1.54, 1.807) is 13.3 Å². The van der Waals surface area contributed by atoms with Crippen LogP contribution < -0.4 is 4.90 Å². The number of rotatable bonds is 5. The van der Waals surface area contributed by atoms with E-state index < -0.39 is 0 Å². The van der Waals surface area contributed by atoms with Crippen LogP contribution in [0.15, 0.2) is 6.20 Å². The van der Waals surface area contributed by atoms with Crippen molar-refractivity contribution in [3.63, 3.8) is 0 Å². The van der Waals surface area contributed by atoms with E-state index in [4.69, 9.17) is 16.3 Å². The lowest BCUT2D eigenvalue weighted by atomic mass is 10.2. The summed E-state index contributed by atoms with van der Waals surface area (Å²) in [6.45, 7) is 5.57. The molecule has 0 saturated heterocycles. The predicted molar refractivity (Wildman–Crippen MR) is 71.1 cm³/mol. The van der Waals surface area contributed by atoms with Gasteiger partial charge in [0.25, 0.3) is 0 Å². The van der Waals surface area contributed by atoms with Crippen molar-refractivity contribution in [2.24, 2.45) is 0 Å². The highest BCUT2D eigenvalue weighted by Gasteiger charge is 2.19. The summed E-state index contributed by atoms with van der Waals surface area (Å²) in [6.07, 6.45) is 1.71. The van der Waals surface area contributed by atoms with Crippen LogP contribution in [0.4, 0.5) is 5.82 Å². The Balaban J connectivity index is 2.46. The molecular weight excluding hydrogens is 254 g/mol.